The highest BCUT2D eigenvalue weighted by atomic mass is 16.2. The number of hydrogen-bond acceptors (Lipinski definition) is 3. The zero-order valence-corrected chi connectivity index (χ0v) is 14.2. The van der Waals surface area contributed by atoms with Gasteiger partial charge in [-0.3, -0.25) is 9.69 Å². The molecule has 3 unspecified atom stereocenters. The van der Waals surface area contributed by atoms with E-state index in [-0.39, 0.29) is 17.9 Å². The molecule has 1 aromatic rings. The van der Waals surface area contributed by atoms with Crippen LogP contribution in [-0.4, -0.2) is 28.9 Å². The van der Waals surface area contributed by atoms with Crippen molar-refractivity contribution in [3.8, 4) is 0 Å². The summed E-state index contributed by atoms with van der Waals surface area (Å²) in [7, 11) is 0. The fraction of sp³-hybridized carbons (Fsp3) is 0.611. The number of nitrogens with two attached hydrogens (primary N) is 1. The first kappa shape index (κ1) is 16.8. The molecule has 3 N–H and O–H groups in total. The minimum absolute atomic E-state index is 0.0837. The molecule has 1 saturated heterocycles. The Hall–Kier alpha value is -1.55. The van der Waals surface area contributed by atoms with E-state index in [4.69, 9.17) is 5.73 Å². The Kier molecular flexibility index (Phi) is 5.46. The smallest absolute Gasteiger partial charge is 0.242 e. The molecule has 3 atom stereocenters. The van der Waals surface area contributed by atoms with Crippen LogP contribution in [0.25, 0.3) is 0 Å². The second kappa shape index (κ2) is 7.14. The molecule has 0 spiro atoms. The zero-order valence-electron chi connectivity index (χ0n) is 14.2. The molecule has 4 heteroatoms. The fourth-order valence-corrected chi connectivity index (χ4v) is 3.55. The van der Waals surface area contributed by atoms with Crippen LogP contribution in [0.3, 0.4) is 0 Å². The van der Waals surface area contributed by atoms with Crippen molar-refractivity contribution >= 4 is 17.3 Å². The van der Waals surface area contributed by atoms with Crippen molar-refractivity contribution in [2.24, 2.45) is 5.92 Å². The number of carbonyl (C=O) groups excluding carboxylic acids is 1. The van der Waals surface area contributed by atoms with Crippen molar-refractivity contribution in [2.75, 3.05) is 11.1 Å². The standard InChI is InChI=1S/C18H29N3O/c1-12(2)17(21-13(3)6-5-7-14(21)4)18(22)20-16-10-8-15(19)9-11-16/h8-14,17H,5-7,19H2,1-4H3,(H,20,22). The summed E-state index contributed by atoms with van der Waals surface area (Å²) in [5.74, 6) is 0.358. The summed E-state index contributed by atoms with van der Waals surface area (Å²) in [5, 5.41) is 3.05. The predicted molar refractivity (Wildman–Crippen MR) is 92.7 cm³/mol. The van der Waals surface area contributed by atoms with Crippen LogP contribution in [0.15, 0.2) is 24.3 Å². The van der Waals surface area contributed by atoms with E-state index in [1.165, 1.54) is 19.3 Å². The summed E-state index contributed by atoms with van der Waals surface area (Å²) in [4.78, 5) is 15.2. The Balaban J connectivity index is 2.16. The maximum atomic E-state index is 12.8. The van der Waals surface area contributed by atoms with Crippen molar-refractivity contribution in [1.29, 1.82) is 0 Å². The molecular formula is C18H29N3O. The maximum absolute atomic E-state index is 12.8. The normalized spacial score (nSPS) is 24.2. The van der Waals surface area contributed by atoms with Gasteiger partial charge in [0.05, 0.1) is 6.04 Å². The first-order valence-electron chi connectivity index (χ1n) is 8.34. The molecule has 22 heavy (non-hydrogen) atoms. The first-order chi connectivity index (χ1) is 10.4. The number of anilines is 2. The first-order valence-corrected chi connectivity index (χ1v) is 8.34. The van der Waals surface area contributed by atoms with Gasteiger partial charge < -0.3 is 11.1 Å². The lowest BCUT2D eigenvalue weighted by Crippen LogP contribution is -2.56. The molecule has 2 rings (SSSR count). The molecule has 1 heterocycles. The van der Waals surface area contributed by atoms with Crippen molar-refractivity contribution in [3.63, 3.8) is 0 Å². The molecule has 1 aliphatic heterocycles. The summed E-state index contributed by atoms with van der Waals surface area (Å²) < 4.78 is 0. The topological polar surface area (TPSA) is 58.4 Å². The summed E-state index contributed by atoms with van der Waals surface area (Å²) in [6.45, 7) is 8.73. The number of nitrogen functional groups attached to an aromatic ring is 1. The van der Waals surface area contributed by atoms with E-state index in [1.807, 2.05) is 24.3 Å². The lowest BCUT2D eigenvalue weighted by Gasteiger charge is -2.45. The van der Waals surface area contributed by atoms with Gasteiger partial charge in [-0.2, -0.15) is 0 Å². The largest absolute Gasteiger partial charge is 0.399 e. The highest BCUT2D eigenvalue weighted by Gasteiger charge is 2.36. The van der Waals surface area contributed by atoms with Crippen LogP contribution in [0, 0.1) is 5.92 Å². The minimum atomic E-state index is -0.0946. The molecule has 0 aromatic heterocycles. The Morgan fingerprint density at radius 2 is 1.73 bits per heavy atom. The van der Waals surface area contributed by atoms with E-state index in [2.05, 4.69) is 37.9 Å². The number of hydrogen-bond donors (Lipinski definition) is 2. The van der Waals surface area contributed by atoms with Crippen LogP contribution < -0.4 is 11.1 Å². The van der Waals surface area contributed by atoms with Crippen LogP contribution in [0.1, 0.15) is 47.0 Å². The van der Waals surface area contributed by atoms with Gasteiger partial charge in [0.25, 0.3) is 0 Å². The minimum Gasteiger partial charge on any atom is -0.399 e. The molecule has 1 fully saturated rings. The van der Waals surface area contributed by atoms with Crippen molar-refractivity contribution in [2.45, 2.75) is 65.1 Å². The van der Waals surface area contributed by atoms with Crippen LogP contribution in [0.4, 0.5) is 11.4 Å². The van der Waals surface area contributed by atoms with E-state index in [9.17, 15) is 4.79 Å². The molecular weight excluding hydrogens is 274 g/mol. The Bertz CT molecular complexity index is 488. The SMILES string of the molecule is CC(C)C(C(=O)Nc1ccc(N)cc1)N1C(C)CCCC1C. The molecule has 0 bridgehead atoms. The Labute approximate surface area is 134 Å². The molecule has 1 aromatic carbocycles. The third kappa shape index (κ3) is 3.80. The number of likely N-dealkylation sites (tertiary alicyclic amines) is 1. The van der Waals surface area contributed by atoms with Crippen LogP contribution in [0.5, 0.6) is 0 Å². The van der Waals surface area contributed by atoms with E-state index in [0.717, 1.165) is 5.69 Å². The number of nitrogens with zero attached hydrogens (tertiary/aromatic N) is 1. The second-order valence-corrected chi connectivity index (χ2v) is 6.88. The Morgan fingerprint density at radius 3 is 2.23 bits per heavy atom. The van der Waals surface area contributed by atoms with Gasteiger partial charge in [0, 0.05) is 23.5 Å². The summed E-state index contributed by atoms with van der Waals surface area (Å²) in [6.07, 6.45) is 3.59. The summed E-state index contributed by atoms with van der Waals surface area (Å²) in [5.41, 5.74) is 7.21. The zero-order chi connectivity index (χ0) is 16.3. The average molecular weight is 303 g/mol. The van der Waals surface area contributed by atoms with Gasteiger partial charge in [-0.15, -0.1) is 0 Å². The maximum Gasteiger partial charge on any atom is 0.242 e. The number of nitrogens with one attached hydrogen (secondary N) is 1. The van der Waals surface area contributed by atoms with Gasteiger partial charge in [-0.05, 0) is 56.9 Å². The second-order valence-electron chi connectivity index (χ2n) is 6.88. The van der Waals surface area contributed by atoms with E-state index in [0.29, 0.717) is 17.8 Å². The number of piperidine rings is 1. The van der Waals surface area contributed by atoms with Crippen LogP contribution >= 0.6 is 0 Å². The van der Waals surface area contributed by atoms with Crippen LogP contribution in [0.2, 0.25) is 0 Å². The molecule has 4 nitrogen and oxygen atoms in total. The molecule has 0 saturated carbocycles. The number of amides is 1. The highest BCUT2D eigenvalue weighted by molar-refractivity contribution is 5.95. The van der Waals surface area contributed by atoms with Crippen molar-refractivity contribution in [3.05, 3.63) is 24.3 Å². The number of rotatable bonds is 4. The third-order valence-corrected chi connectivity index (χ3v) is 4.66. The summed E-state index contributed by atoms with van der Waals surface area (Å²) in [6, 6.07) is 8.14. The summed E-state index contributed by atoms with van der Waals surface area (Å²) >= 11 is 0. The fourth-order valence-electron chi connectivity index (χ4n) is 3.55. The quantitative estimate of drug-likeness (QED) is 0.837. The van der Waals surface area contributed by atoms with E-state index < -0.39 is 0 Å². The average Bonchev–Trinajstić information content (AvgIpc) is 2.45. The molecule has 0 radical (unpaired) electrons. The van der Waals surface area contributed by atoms with Gasteiger partial charge in [0.15, 0.2) is 0 Å². The van der Waals surface area contributed by atoms with Crippen LogP contribution in [-0.2, 0) is 4.79 Å². The highest BCUT2D eigenvalue weighted by Crippen LogP contribution is 2.28. The van der Waals surface area contributed by atoms with Crippen molar-refractivity contribution in [1.82, 2.24) is 4.90 Å². The molecule has 1 amide bonds. The Morgan fingerprint density at radius 1 is 1.18 bits per heavy atom. The van der Waals surface area contributed by atoms with Gasteiger partial charge in [0.2, 0.25) is 5.91 Å². The van der Waals surface area contributed by atoms with E-state index in [1.54, 1.807) is 0 Å². The monoisotopic (exact) mass is 303 g/mol. The van der Waals surface area contributed by atoms with Gasteiger partial charge in [0.1, 0.15) is 0 Å². The lowest BCUT2D eigenvalue weighted by molar-refractivity contribution is -0.126. The molecule has 0 aliphatic carbocycles. The van der Waals surface area contributed by atoms with Gasteiger partial charge in [-0.1, -0.05) is 20.3 Å². The number of benzene rings is 1. The van der Waals surface area contributed by atoms with Gasteiger partial charge >= 0.3 is 0 Å². The van der Waals surface area contributed by atoms with Crippen molar-refractivity contribution < 1.29 is 4.79 Å². The molecule has 122 valence electrons. The third-order valence-electron chi connectivity index (χ3n) is 4.66. The van der Waals surface area contributed by atoms with E-state index >= 15 is 0 Å². The number of carbonyl (C=O) groups is 1. The lowest BCUT2D eigenvalue weighted by atomic mass is 9.90. The molecule has 1 aliphatic rings. The predicted octanol–water partition coefficient (Wildman–Crippen LogP) is 3.49. The van der Waals surface area contributed by atoms with Gasteiger partial charge in [-0.25, -0.2) is 0 Å².